The van der Waals surface area contributed by atoms with Crippen LogP contribution in [-0.2, 0) is 9.63 Å². The van der Waals surface area contributed by atoms with Crippen LogP contribution in [0.5, 0.6) is 0 Å². The van der Waals surface area contributed by atoms with Crippen LogP contribution >= 0.6 is 11.8 Å². The first-order chi connectivity index (χ1) is 13.0. The van der Waals surface area contributed by atoms with Crippen molar-refractivity contribution < 1.29 is 28.8 Å². The summed E-state index contributed by atoms with van der Waals surface area (Å²) in [6.07, 6.45) is 0. The molecular formula is C18H10N2O6S. The third-order valence-corrected chi connectivity index (χ3v) is 5.11. The predicted molar refractivity (Wildman–Crippen MR) is 92.7 cm³/mol. The minimum atomic E-state index is -0.893. The Morgan fingerprint density at radius 2 is 1.52 bits per heavy atom. The van der Waals surface area contributed by atoms with Gasteiger partial charge in [0, 0.05) is 0 Å². The molecule has 134 valence electrons. The lowest BCUT2D eigenvalue weighted by atomic mass is 10.1. The van der Waals surface area contributed by atoms with Crippen molar-refractivity contribution in [3.05, 3.63) is 70.8 Å². The molecule has 2 aromatic carbocycles. The highest BCUT2D eigenvalue weighted by Gasteiger charge is 2.39. The maximum Gasteiger partial charge on any atom is 0.363 e. The minimum absolute atomic E-state index is 0.0880. The Hall–Kier alpha value is -3.46. The van der Waals surface area contributed by atoms with Gasteiger partial charge in [0.15, 0.2) is 0 Å². The summed E-state index contributed by atoms with van der Waals surface area (Å²) in [5.41, 5.74) is 0.963. The van der Waals surface area contributed by atoms with Crippen molar-refractivity contribution >= 4 is 40.7 Å². The Morgan fingerprint density at radius 1 is 0.926 bits per heavy atom. The Bertz CT molecular complexity index is 982. The van der Waals surface area contributed by atoms with Gasteiger partial charge in [-0.05, 0) is 41.6 Å². The van der Waals surface area contributed by atoms with Gasteiger partial charge in [-0.15, -0.1) is 0 Å². The van der Waals surface area contributed by atoms with Crippen molar-refractivity contribution in [2.45, 2.75) is 5.25 Å². The van der Waals surface area contributed by atoms with Crippen LogP contribution in [-0.4, -0.2) is 34.0 Å². The molecule has 4 amide bonds. The zero-order chi connectivity index (χ0) is 19.1. The molecule has 2 heterocycles. The van der Waals surface area contributed by atoms with E-state index >= 15 is 0 Å². The first kappa shape index (κ1) is 17.0. The topological polar surface area (TPSA) is 110 Å². The van der Waals surface area contributed by atoms with E-state index in [0.29, 0.717) is 10.6 Å². The summed E-state index contributed by atoms with van der Waals surface area (Å²) in [6, 6.07) is 12.0. The molecule has 2 aromatic rings. The molecule has 8 nitrogen and oxygen atoms in total. The van der Waals surface area contributed by atoms with Crippen LogP contribution < -0.4 is 5.32 Å². The van der Waals surface area contributed by atoms with Gasteiger partial charge in [-0.25, -0.2) is 4.79 Å². The number of nitrogens with one attached hydrogen (secondary N) is 1. The van der Waals surface area contributed by atoms with Crippen molar-refractivity contribution in [1.29, 1.82) is 0 Å². The van der Waals surface area contributed by atoms with Crippen molar-refractivity contribution in [3.63, 3.8) is 0 Å². The number of hydrogen-bond donors (Lipinski definition) is 1. The third-order valence-electron chi connectivity index (χ3n) is 4.07. The van der Waals surface area contributed by atoms with Crippen LogP contribution in [0, 0.1) is 0 Å². The summed E-state index contributed by atoms with van der Waals surface area (Å²) >= 11 is 0.847. The Labute approximate surface area is 156 Å². The number of amides is 4. The highest BCUT2D eigenvalue weighted by Crippen LogP contribution is 2.34. The summed E-state index contributed by atoms with van der Waals surface area (Å²) in [4.78, 5) is 64.6. The molecule has 0 aliphatic carbocycles. The van der Waals surface area contributed by atoms with Gasteiger partial charge in [0.1, 0.15) is 5.25 Å². The second-order valence-electron chi connectivity index (χ2n) is 5.73. The van der Waals surface area contributed by atoms with E-state index in [1.807, 2.05) is 0 Å². The molecule has 0 bridgehead atoms. The number of imide groups is 2. The fraction of sp³-hybridized carbons (Fsp3) is 0.0556. The van der Waals surface area contributed by atoms with Crippen LogP contribution in [0.25, 0.3) is 0 Å². The van der Waals surface area contributed by atoms with Crippen LogP contribution in [0.1, 0.15) is 41.9 Å². The van der Waals surface area contributed by atoms with Gasteiger partial charge < -0.3 is 4.84 Å². The van der Waals surface area contributed by atoms with E-state index in [2.05, 4.69) is 5.32 Å². The lowest BCUT2D eigenvalue weighted by molar-refractivity contribution is -0.119. The molecule has 1 N–H and O–H groups in total. The molecule has 9 heteroatoms. The van der Waals surface area contributed by atoms with Crippen molar-refractivity contribution in [1.82, 2.24) is 10.4 Å². The lowest BCUT2D eigenvalue weighted by Gasteiger charge is -2.13. The standard InChI is InChI=1S/C18H10N2O6S/c21-14-13(27-18(25)19-14)9-5-7-10(8-6-9)17(24)26-20-15(22)11-3-1-2-4-12(11)16(20)23/h1-8,13H,(H,19,21,25). The number of carbonyl (C=O) groups is 5. The molecule has 1 atom stereocenters. The normalized spacial score (nSPS) is 18.5. The predicted octanol–water partition coefficient (Wildman–Crippen LogP) is 2.08. The number of rotatable bonds is 3. The monoisotopic (exact) mass is 382 g/mol. The molecule has 1 unspecified atom stereocenters. The number of hydrogen-bond acceptors (Lipinski definition) is 7. The second-order valence-corrected chi connectivity index (χ2v) is 6.80. The molecule has 4 rings (SSSR count). The highest BCUT2D eigenvalue weighted by atomic mass is 32.2. The number of hydroxylamine groups is 2. The molecule has 0 radical (unpaired) electrons. The van der Waals surface area contributed by atoms with E-state index in [1.165, 1.54) is 36.4 Å². The maximum atomic E-state index is 12.3. The molecule has 0 spiro atoms. The van der Waals surface area contributed by atoms with Gasteiger partial charge in [-0.2, -0.15) is 0 Å². The highest BCUT2D eigenvalue weighted by molar-refractivity contribution is 8.15. The minimum Gasteiger partial charge on any atom is -0.324 e. The number of nitrogens with zero attached hydrogens (tertiary/aromatic N) is 1. The number of carbonyl (C=O) groups excluding carboxylic acids is 5. The zero-order valence-electron chi connectivity index (χ0n) is 13.5. The van der Waals surface area contributed by atoms with Crippen LogP contribution in [0.15, 0.2) is 48.5 Å². The quantitative estimate of drug-likeness (QED) is 0.809. The Morgan fingerprint density at radius 3 is 2.04 bits per heavy atom. The number of thioether (sulfide) groups is 1. The molecule has 2 aliphatic rings. The van der Waals surface area contributed by atoms with Gasteiger partial charge in [0.2, 0.25) is 5.91 Å². The summed E-state index contributed by atoms with van der Waals surface area (Å²) in [6.45, 7) is 0. The average molecular weight is 382 g/mol. The maximum absolute atomic E-state index is 12.3. The van der Waals surface area contributed by atoms with Gasteiger partial charge >= 0.3 is 5.97 Å². The molecule has 0 aromatic heterocycles. The van der Waals surface area contributed by atoms with Gasteiger partial charge in [0.05, 0.1) is 16.7 Å². The summed E-state index contributed by atoms with van der Waals surface area (Å²) < 4.78 is 0. The van der Waals surface area contributed by atoms with E-state index in [4.69, 9.17) is 4.84 Å². The van der Waals surface area contributed by atoms with E-state index < -0.39 is 34.2 Å². The van der Waals surface area contributed by atoms with Crippen molar-refractivity contribution in [2.24, 2.45) is 0 Å². The molecule has 2 aliphatic heterocycles. The smallest absolute Gasteiger partial charge is 0.324 e. The SMILES string of the molecule is O=C1NC(=O)C(c2ccc(C(=O)ON3C(=O)c4ccccc4C3=O)cc2)S1. The second kappa shape index (κ2) is 6.36. The van der Waals surface area contributed by atoms with E-state index in [0.717, 1.165) is 11.8 Å². The molecule has 0 saturated carbocycles. The van der Waals surface area contributed by atoms with Gasteiger partial charge in [-0.1, -0.05) is 29.3 Å². The van der Waals surface area contributed by atoms with Gasteiger partial charge in [-0.3, -0.25) is 24.5 Å². The molecular weight excluding hydrogens is 372 g/mol. The number of fused-ring (bicyclic) bond motifs is 1. The fourth-order valence-corrected chi connectivity index (χ4v) is 3.59. The van der Waals surface area contributed by atoms with E-state index in [9.17, 15) is 24.0 Å². The number of benzene rings is 2. The van der Waals surface area contributed by atoms with E-state index in [-0.39, 0.29) is 16.7 Å². The van der Waals surface area contributed by atoms with E-state index in [1.54, 1.807) is 12.1 Å². The van der Waals surface area contributed by atoms with Crippen molar-refractivity contribution in [3.8, 4) is 0 Å². The van der Waals surface area contributed by atoms with Crippen LogP contribution in [0.3, 0.4) is 0 Å². The van der Waals surface area contributed by atoms with Crippen LogP contribution in [0.4, 0.5) is 4.79 Å². The zero-order valence-corrected chi connectivity index (χ0v) is 14.3. The van der Waals surface area contributed by atoms with Crippen molar-refractivity contribution in [2.75, 3.05) is 0 Å². The molecule has 1 saturated heterocycles. The fourth-order valence-electron chi connectivity index (χ4n) is 2.76. The van der Waals surface area contributed by atoms with Crippen LogP contribution in [0.2, 0.25) is 0 Å². The van der Waals surface area contributed by atoms with Gasteiger partial charge in [0.25, 0.3) is 17.1 Å². The first-order valence-corrected chi connectivity index (χ1v) is 8.65. The lowest BCUT2D eigenvalue weighted by Crippen LogP contribution is -2.32. The first-order valence-electron chi connectivity index (χ1n) is 7.77. The summed E-state index contributed by atoms with van der Waals surface area (Å²) in [5.74, 6) is -2.74. The molecule has 1 fully saturated rings. The summed E-state index contributed by atoms with van der Waals surface area (Å²) in [5, 5.41) is 1.50. The summed E-state index contributed by atoms with van der Waals surface area (Å²) in [7, 11) is 0. The Kier molecular flexibility index (Phi) is 4.00. The Balaban J connectivity index is 1.50. The molecule has 27 heavy (non-hydrogen) atoms. The average Bonchev–Trinajstić information content (AvgIpc) is 3.13. The largest absolute Gasteiger partial charge is 0.363 e. The third kappa shape index (κ3) is 2.87.